The second-order valence-electron chi connectivity index (χ2n) is 6.04. The molecule has 6 nitrogen and oxygen atoms in total. The van der Waals surface area contributed by atoms with Crippen LogP contribution in [0.25, 0.3) is 0 Å². The molecule has 0 radical (unpaired) electrons. The van der Waals surface area contributed by atoms with E-state index in [1.807, 2.05) is 31.2 Å². The van der Waals surface area contributed by atoms with E-state index in [0.717, 1.165) is 17.2 Å². The van der Waals surface area contributed by atoms with E-state index in [0.29, 0.717) is 23.5 Å². The van der Waals surface area contributed by atoms with Gasteiger partial charge in [0.2, 0.25) is 5.95 Å². The molecule has 1 aliphatic carbocycles. The Morgan fingerprint density at radius 2 is 1.75 bits per heavy atom. The molecule has 0 aliphatic heterocycles. The molecule has 0 saturated heterocycles. The van der Waals surface area contributed by atoms with E-state index >= 15 is 0 Å². The molecular weight excluding hydrogens is 304 g/mol. The Morgan fingerprint density at radius 3 is 2.46 bits per heavy atom. The summed E-state index contributed by atoms with van der Waals surface area (Å²) in [6.45, 7) is 1.97. The Balaban J connectivity index is 1.78. The van der Waals surface area contributed by atoms with Crippen LogP contribution < -0.4 is 20.1 Å². The van der Waals surface area contributed by atoms with Crippen molar-refractivity contribution in [1.82, 2.24) is 9.97 Å². The van der Waals surface area contributed by atoms with Gasteiger partial charge in [-0.15, -0.1) is 0 Å². The molecule has 0 spiro atoms. The maximum absolute atomic E-state index is 5.33. The lowest BCUT2D eigenvalue weighted by Crippen LogP contribution is -2.16. The number of rotatable bonds is 6. The van der Waals surface area contributed by atoms with Crippen LogP contribution in [0.3, 0.4) is 0 Å². The van der Waals surface area contributed by atoms with E-state index in [9.17, 15) is 0 Å². The number of nitrogens with zero attached hydrogens (tertiary/aromatic N) is 2. The Kier molecular flexibility index (Phi) is 5.03. The molecular formula is C18H24N4O2. The average molecular weight is 328 g/mol. The number of benzene rings is 1. The average Bonchev–Trinajstić information content (AvgIpc) is 3.07. The normalized spacial score (nSPS) is 14.5. The third kappa shape index (κ3) is 3.88. The van der Waals surface area contributed by atoms with Crippen molar-refractivity contribution in [2.45, 2.75) is 38.6 Å². The van der Waals surface area contributed by atoms with Gasteiger partial charge in [-0.05, 0) is 31.9 Å². The molecule has 1 aliphatic rings. The van der Waals surface area contributed by atoms with Crippen LogP contribution >= 0.6 is 0 Å². The van der Waals surface area contributed by atoms with E-state index in [1.165, 1.54) is 25.7 Å². The molecule has 2 N–H and O–H groups in total. The quantitative estimate of drug-likeness (QED) is 0.838. The van der Waals surface area contributed by atoms with Gasteiger partial charge >= 0.3 is 0 Å². The van der Waals surface area contributed by atoms with Gasteiger partial charge in [0.25, 0.3) is 0 Å². The lowest BCUT2D eigenvalue weighted by Gasteiger charge is -2.15. The molecule has 2 aromatic rings. The predicted molar refractivity (Wildman–Crippen MR) is 95.5 cm³/mol. The van der Waals surface area contributed by atoms with Crippen LogP contribution in [-0.4, -0.2) is 30.2 Å². The topological polar surface area (TPSA) is 68.3 Å². The summed E-state index contributed by atoms with van der Waals surface area (Å²) in [6, 6.07) is 8.14. The van der Waals surface area contributed by atoms with Gasteiger partial charge in [-0.3, -0.25) is 0 Å². The highest BCUT2D eigenvalue weighted by molar-refractivity contribution is 5.60. The summed E-state index contributed by atoms with van der Waals surface area (Å²) in [5.41, 5.74) is 1.78. The highest BCUT2D eigenvalue weighted by Gasteiger charge is 2.15. The van der Waals surface area contributed by atoms with Crippen LogP contribution in [0.15, 0.2) is 24.3 Å². The van der Waals surface area contributed by atoms with E-state index in [4.69, 9.17) is 9.47 Å². The van der Waals surface area contributed by atoms with E-state index in [2.05, 4.69) is 20.6 Å². The van der Waals surface area contributed by atoms with Crippen molar-refractivity contribution in [2.24, 2.45) is 0 Å². The minimum absolute atomic E-state index is 0.522. The second kappa shape index (κ2) is 7.38. The highest BCUT2D eigenvalue weighted by atomic mass is 16.5. The molecule has 128 valence electrons. The lowest BCUT2D eigenvalue weighted by atomic mass is 10.2. The monoisotopic (exact) mass is 328 g/mol. The zero-order valence-electron chi connectivity index (χ0n) is 14.4. The van der Waals surface area contributed by atoms with Gasteiger partial charge in [0.05, 0.1) is 14.2 Å². The van der Waals surface area contributed by atoms with Gasteiger partial charge in [-0.25, -0.2) is 4.98 Å². The first kappa shape index (κ1) is 16.4. The number of anilines is 3. The van der Waals surface area contributed by atoms with E-state index in [-0.39, 0.29) is 0 Å². The molecule has 1 aromatic heterocycles. The summed E-state index contributed by atoms with van der Waals surface area (Å²) in [5, 5.41) is 6.75. The summed E-state index contributed by atoms with van der Waals surface area (Å²) >= 11 is 0. The SMILES string of the molecule is COc1ccc(Nc2nc(C)cc(NC3CCCC3)n2)cc1OC. The van der Waals surface area contributed by atoms with Gasteiger partial charge < -0.3 is 20.1 Å². The van der Waals surface area contributed by atoms with Crippen LogP contribution in [0.2, 0.25) is 0 Å². The Morgan fingerprint density at radius 1 is 1.00 bits per heavy atom. The molecule has 1 fully saturated rings. The maximum Gasteiger partial charge on any atom is 0.229 e. The Hall–Kier alpha value is -2.50. The molecule has 1 aromatic carbocycles. The third-order valence-electron chi connectivity index (χ3n) is 4.20. The van der Waals surface area contributed by atoms with Gasteiger partial charge in [0, 0.05) is 29.6 Å². The molecule has 0 bridgehead atoms. The zero-order valence-corrected chi connectivity index (χ0v) is 14.4. The molecule has 24 heavy (non-hydrogen) atoms. The number of aryl methyl sites for hydroxylation is 1. The van der Waals surface area contributed by atoms with Crippen LogP contribution in [0, 0.1) is 6.92 Å². The predicted octanol–water partition coefficient (Wildman–Crippen LogP) is 3.90. The first-order valence-corrected chi connectivity index (χ1v) is 8.29. The summed E-state index contributed by atoms with van der Waals surface area (Å²) in [5.74, 6) is 2.80. The summed E-state index contributed by atoms with van der Waals surface area (Å²) < 4.78 is 10.6. The number of ether oxygens (including phenoxy) is 2. The maximum atomic E-state index is 5.33. The lowest BCUT2D eigenvalue weighted by molar-refractivity contribution is 0.355. The fourth-order valence-corrected chi connectivity index (χ4v) is 3.02. The van der Waals surface area contributed by atoms with Crippen LogP contribution in [0.1, 0.15) is 31.4 Å². The van der Waals surface area contributed by atoms with Crippen molar-refractivity contribution >= 4 is 17.5 Å². The number of aromatic nitrogens is 2. The highest BCUT2D eigenvalue weighted by Crippen LogP contribution is 2.31. The summed E-state index contributed by atoms with van der Waals surface area (Å²) in [7, 11) is 3.24. The molecule has 3 rings (SSSR count). The Labute approximate surface area is 142 Å². The minimum Gasteiger partial charge on any atom is -0.493 e. The van der Waals surface area contributed by atoms with Crippen LogP contribution in [0.5, 0.6) is 11.5 Å². The summed E-state index contributed by atoms with van der Waals surface area (Å²) in [6.07, 6.45) is 5.00. The smallest absolute Gasteiger partial charge is 0.229 e. The molecule has 1 heterocycles. The van der Waals surface area contributed by atoms with Gasteiger partial charge in [-0.1, -0.05) is 12.8 Å². The van der Waals surface area contributed by atoms with Crippen molar-refractivity contribution in [1.29, 1.82) is 0 Å². The van der Waals surface area contributed by atoms with Gasteiger partial charge in [0.15, 0.2) is 11.5 Å². The van der Waals surface area contributed by atoms with Gasteiger partial charge in [0.1, 0.15) is 5.82 Å². The number of hydrogen-bond donors (Lipinski definition) is 2. The standard InChI is InChI=1S/C18H24N4O2/c1-12-10-17(20-13-6-4-5-7-13)22-18(19-12)21-14-8-9-15(23-2)16(11-14)24-3/h8-11,13H,4-7H2,1-3H3,(H2,19,20,21,22). The molecule has 1 saturated carbocycles. The fraction of sp³-hybridized carbons (Fsp3) is 0.444. The largest absolute Gasteiger partial charge is 0.493 e. The molecule has 0 amide bonds. The molecule has 0 unspecified atom stereocenters. The van der Waals surface area contributed by atoms with E-state index < -0.39 is 0 Å². The number of nitrogens with one attached hydrogen (secondary N) is 2. The van der Waals surface area contributed by atoms with E-state index in [1.54, 1.807) is 14.2 Å². The molecule has 6 heteroatoms. The van der Waals surface area contributed by atoms with Crippen molar-refractivity contribution in [3.63, 3.8) is 0 Å². The number of methoxy groups -OCH3 is 2. The van der Waals surface area contributed by atoms with Crippen molar-refractivity contribution in [3.8, 4) is 11.5 Å². The van der Waals surface area contributed by atoms with Crippen LogP contribution in [-0.2, 0) is 0 Å². The fourth-order valence-electron chi connectivity index (χ4n) is 3.02. The van der Waals surface area contributed by atoms with Crippen molar-refractivity contribution < 1.29 is 9.47 Å². The third-order valence-corrected chi connectivity index (χ3v) is 4.20. The van der Waals surface area contributed by atoms with Crippen molar-refractivity contribution in [2.75, 3.05) is 24.9 Å². The van der Waals surface area contributed by atoms with Gasteiger partial charge in [-0.2, -0.15) is 4.98 Å². The Bertz CT molecular complexity index is 699. The zero-order chi connectivity index (χ0) is 16.9. The number of hydrogen-bond acceptors (Lipinski definition) is 6. The second-order valence-corrected chi connectivity index (χ2v) is 6.04. The summed E-state index contributed by atoms with van der Waals surface area (Å²) in [4.78, 5) is 9.05. The first-order valence-electron chi connectivity index (χ1n) is 8.29. The van der Waals surface area contributed by atoms with Crippen LogP contribution in [0.4, 0.5) is 17.5 Å². The van der Waals surface area contributed by atoms with Crippen molar-refractivity contribution in [3.05, 3.63) is 30.0 Å². The first-order chi connectivity index (χ1) is 11.7. The minimum atomic E-state index is 0.522. The molecule has 0 atom stereocenters.